The van der Waals surface area contributed by atoms with E-state index in [1.165, 1.54) is 42.0 Å². The zero-order valence-corrected chi connectivity index (χ0v) is 34.6. The van der Waals surface area contributed by atoms with Crippen LogP contribution in [0.3, 0.4) is 0 Å². The molecule has 5 nitrogen and oxygen atoms in total. The predicted octanol–water partition coefficient (Wildman–Crippen LogP) is 15.6. The molecule has 0 unspecified atom stereocenters. The van der Waals surface area contributed by atoms with Crippen molar-refractivity contribution >= 4 is 75.3 Å². The van der Waals surface area contributed by atoms with Gasteiger partial charge < -0.3 is 8.98 Å². The fraction of sp³-hybridized carbons (Fsp3) is 0. The third-order valence-electron chi connectivity index (χ3n) is 12.3. The van der Waals surface area contributed by atoms with Gasteiger partial charge in [0.25, 0.3) is 0 Å². The van der Waals surface area contributed by atoms with Gasteiger partial charge in [-0.2, -0.15) is 0 Å². The van der Waals surface area contributed by atoms with Crippen LogP contribution in [0.1, 0.15) is 0 Å². The minimum atomic E-state index is 0.583. The second-order valence-corrected chi connectivity index (χ2v) is 17.0. The van der Waals surface area contributed by atoms with Crippen molar-refractivity contribution in [1.29, 1.82) is 0 Å². The van der Waals surface area contributed by atoms with E-state index >= 15 is 0 Å². The number of hydrogen-bond donors (Lipinski definition) is 0. The number of rotatable bonds is 6. The standard InChI is InChI=1S/C57H34N4OS/c1-2-15-35(16-3-1)36-29-31-37(32-30-36)55-58-56(60-57(59-55)45-23-14-27-51-53(45)44-22-8-12-26-50(44)62-51)43-21-5-4-17-39(43)46-33-38(34-47-42-20-9-13-28-52(42)63-54(46)47)61-48-24-10-6-18-40(48)41-19-7-11-25-49(41)61/h1-34H. The summed E-state index contributed by atoms with van der Waals surface area (Å²) in [6.45, 7) is 0. The topological polar surface area (TPSA) is 56.7 Å². The van der Waals surface area contributed by atoms with Crippen molar-refractivity contribution < 1.29 is 4.42 Å². The highest BCUT2D eigenvalue weighted by atomic mass is 32.1. The average Bonchev–Trinajstić information content (AvgIpc) is 4.04. The first kappa shape index (κ1) is 35.6. The van der Waals surface area contributed by atoms with E-state index in [0.29, 0.717) is 17.5 Å². The quantitative estimate of drug-likeness (QED) is 0.168. The van der Waals surface area contributed by atoms with Gasteiger partial charge in [-0.3, -0.25) is 0 Å². The Morgan fingerprint density at radius 1 is 0.365 bits per heavy atom. The Balaban J connectivity index is 1.07. The van der Waals surface area contributed by atoms with Crippen molar-refractivity contribution in [2.24, 2.45) is 0 Å². The van der Waals surface area contributed by atoms with E-state index in [1.807, 2.05) is 47.7 Å². The van der Waals surface area contributed by atoms with Gasteiger partial charge in [0.2, 0.25) is 0 Å². The van der Waals surface area contributed by atoms with Crippen LogP contribution in [0.15, 0.2) is 211 Å². The molecule has 0 saturated carbocycles. The smallest absolute Gasteiger partial charge is 0.164 e. The van der Waals surface area contributed by atoms with Crippen LogP contribution >= 0.6 is 11.3 Å². The van der Waals surface area contributed by atoms with Crippen molar-refractivity contribution in [2.45, 2.75) is 0 Å². The Morgan fingerprint density at radius 2 is 0.921 bits per heavy atom. The van der Waals surface area contributed by atoms with Gasteiger partial charge >= 0.3 is 0 Å². The molecule has 0 spiro atoms. The number of aromatic nitrogens is 4. The molecule has 0 radical (unpaired) electrons. The molecule has 0 N–H and O–H groups in total. The van der Waals surface area contributed by atoms with E-state index in [0.717, 1.165) is 66.6 Å². The number of fused-ring (bicyclic) bond motifs is 9. The highest BCUT2D eigenvalue weighted by molar-refractivity contribution is 7.26. The van der Waals surface area contributed by atoms with Gasteiger partial charge in [-0.15, -0.1) is 11.3 Å². The Morgan fingerprint density at radius 3 is 1.70 bits per heavy atom. The summed E-state index contributed by atoms with van der Waals surface area (Å²) in [6, 6.07) is 72.7. The normalized spacial score (nSPS) is 11.8. The van der Waals surface area contributed by atoms with Crippen molar-refractivity contribution in [3.8, 4) is 62.1 Å². The monoisotopic (exact) mass is 822 g/mol. The largest absolute Gasteiger partial charge is 0.456 e. The number of benzene rings is 9. The average molecular weight is 823 g/mol. The predicted molar refractivity (Wildman–Crippen MR) is 262 cm³/mol. The Kier molecular flexibility index (Phi) is 8.01. The Hall–Kier alpha value is -8.19. The minimum Gasteiger partial charge on any atom is -0.456 e. The van der Waals surface area contributed by atoms with E-state index in [-0.39, 0.29) is 0 Å². The zero-order chi connectivity index (χ0) is 41.4. The van der Waals surface area contributed by atoms with Gasteiger partial charge in [0.05, 0.1) is 11.0 Å². The van der Waals surface area contributed by atoms with Gasteiger partial charge in [0.1, 0.15) is 11.2 Å². The molecule has 294 valence electrons. The van der Waals surface area contributed by atoms with Gasteiger partial charge in [0, 0.05) is 69.7 Å². The number of nitrogens with zero attached hydrogens (tertiary/aromatic N) is 4. The van der Waals surface area contributed by atoms with Crippen LogP contribution in [-0.4, -0.2) is 19.5 Å². The Labute approximate surface area is 365 Å². The third-order valence-corrected chi connectivity index (χ3v) is 13.5. The molecule has 13 rings (SSSR count). The fourth-order valence-corrected chi connectivity index (χ4v) is 10.6. The molecule has 0 amide bonds. The molecule has 0 aliphatic carbocycles. The lowest BCUT2D eigenvalue weighted by Gasteiger charge is -2.15. The van der Waals surface area contributed by atoms with Crippen LogP contribution < -0.4 is 0 Å². The lowest BCUT2D eigenvalue weighted by Crippen LogP contribution is -2.01. The number of thiophene rings is 1. The molecule has 63 heavy (non-hydrogen) atoms. The molecule has 9 aromatic carbocycles. The van der Waals surface area contributed by atoms with Crippen molar-refractivity contribution in [3.05, 3.63) is 206 Å². The molecule has 0 bridgehead atoms. The molecule has 0 aliphatic heterocycles. The van der Waals surface area contributed by atoms with Crippen LogP contribution in [0, 0.1) is 0 Å². The summed E-state index contributed by atoms with van der Waals surface area (Å²) in [5.74, 6) is 1.78. The van der Waals surface area contributed by atoms with Crippen molar-refractivity contribution in [3.63, 3.8) is 0 Å². The first-order valence-electron chi connectivity index (χ1n) is 21.1. The summed E-state index contributed by atoms with van der Waals surface area (Å²) in [4.78, 5) is 16.0. The molecule has 4 heterocycles. The molecule has 13 aromatic rings. The van der Waals surface area contributed by atoms with E-state index in [2.05, 4.69) is 174 Å². The van der Waals surface area contributed by atoms with Crippen LogP contribution in [0.5, 0.6) is 0 Å². The van der Waals surface area contributed by atoms with Gasteiger partial charge in [-0.1, -0.05) is 164 Å². The molecule has 0 saturated heterocycles. The summed E-state index contributed by atoms with van der Waals surface area (Å²) in [5, 5.41) is 6.92. The summed E-state index contributed by atoms with van der Waals surface area (Å²) in [7, 11) is 0. The first-order valence-corrected chi connectivity index (χ1v) is 21.9. The number of furan rings is 1. The lowest BCUT2D eigenvalue weighted by atomic mass is 9.96. The van der Waals surface area contributed by atoms with Gasteiger partial charge in [-0.05, 0) is 59.2 Å². The van der Waals surface area contributed by atoms with E-state index in [1.54, 1.807) is 0 Å². The van der Waals surface area contributed by atoms with Crippen molar-refractivity contribution in [2.75, 3.05) is 0 Å². The number of hydrogen-bond acceptors (Lipinski definition) is 5. The first-order chi connectivity index (χ1) is 31.2. The lowest BCUT2D eigenvalue weighted by molar-refractivity contribution is 0.669. The van der Waals surface area contributed by atoms with Crippen LogP contribution in [0.2, 0.25) is 0 Å². The minimum absolute atomic E-state index is 0.583. The van der Waals surface area contributed by atoms with Gasteiger partial charge in [0.15, 0.2) is 17.5 Å². The molecular weight excluding hydrogens is 789 g/mol. The molecule has 0 atom stereocenters. The second-order valence-electron chi connectivity index (χ2n) is 15.9. The highest BCUT2D eigenvalue weighted by Gasteiger charge is 2.22. The summed E-state index contributed by atoms with van der Waals surface area (Å²) >= 11 is 1.83. The number of para-hydroxylation sites is 3. The van der Waals surface area contributed by atoms with Crippen LogP contribution in [0.4, 0.5) is 0 Å². The van der Waals surface area contributed by atoms with E-state index in [9.17, 15) is 0 Å². The molecule has 6 heteroatoms. The molecule has 0 aliphatic rings. The highest BCUT2D eigenvalue weighted by Crippen LogP contribution is 2.46. The van der Waals surface area contributed by atoms with E-state index in [4.69, 9.17) is 19.4 Å². The van der Waals surface area contributed by atoms with Crippen LogP contribution in [0.25, 0.3) is 126 Å². The zero-order valence-electron chi connectivity index (χ0n) is 33.7. The molecular formula is C57H34N4OS. The third kappa shape index (κ3) is 5.73. The second kappa shape index (κ2) is 14.2. The molecule has 4 aromatic heterocycles. The van der Waals surface area contributed by atoms with Crippen molar-refractivity contribution in [1.82, 2.24) is 19.5 Å². The summed E-state index contributed by atoms with van der Waals surface area (Å²) in [6.07, 6.45) is 0. The maximum Gasteiger partial charge on any atom is 0.164 e. The van der Waals surface area contributed by atoms with E-state index < -0.39 is 0 Å². The maximum atomic E-state index is 6.37. The molecule has 0 fully saturated rings. The summed E-state index contributed by atoms with van der Waals surface area (Å²) < 4.78 is 11.2. The Bertz CT molecular complexity index is 3860. The van der Waals surface area contributed by atoms with Crippen LogP contribution in [-0.2, 0) is 0 Å². The summed E-state index contributed by atoms with van der Waals surface area (Å²) in [5.41, 5.74) is 12.2. The van der Waals surface area contributed by atoms with Gasteiger partial charge in [-0.25, -0.2) is 15.0 Å². The fourth-order valence-electron chi connectivity index (χ4n) is 9.40. The maximum absolute atomic E-state index is 6.37. The SMILES string of the molecule is c1ccc(-c2ccc(-c3nc(-c4ccccc4-c4cc(-n5c6ccccc6c6ccccc65)cc5c4sc4ccccc45)nc(-c4cccc5oc6ccccc6c45)n3)cc2)cc1.